The van der Waals surface area contributed by atoms with E-state index in [1.807, 2.05) is 16.9 Å². The Kier molecular flexibility index (Phi) is 8.62. The molecule has 0 saturated carbocycles. The summed E-state index contributed by atoms with van der Waals surface area (Å²) in [4.78, 5) is 45.6. The van der Waals surface area contributed by atoms with Gasteiger partial charge in [-0.3, -0.25) is 14.4 Å². The van der Waals surface area contributed by atoms with Crippen LogP contribution in [0.15, 0.2) is 61.2 Å². The number of hydrazine groups is 1. The first-order valence-electron chi connectivity index (χ1n) is 12.3. The van der Waals surface area contributed by atoms with Crippen LogP contribution in [0, 0.1) is 0 Å². The monoisotopic (exact) mass is 520 g/mol. The molecule has 1 saturated heterocycles. The Morgan fingerprint density at radius 2 is 1.97 bits per heavy atom. The van der Waals surface area contributed by atoms with Crippen molar-refractivity contribution in [3.8, 4) is 0 Å². The van der Waals surface area contributed by atoms with Gasteiger partial charge in [-0.25, -0.2) is 15.8 Å². The third kappa shape index (κ3) is 5.70. The molecular weight excluding hydrogens is 488 g/mol. The largest absolute Gasteiger partial charge is 0.351 e. The van der Waals surface area contributed by atoms with Crippen LogP contribution in [-0.2, 0) is 4.79 Å². The van der Waals surface area contributed by atoms with Crippen LogP contribution in [0.5, 0.6) is 0 Å². The molecule has 0 spiro atoms. The van der Waals surface area contributed by atoms with E-state index in [0.717, 1.165) is 30.0 Å². The topological polar surface area (TPSA) is 114 Å². The average molecular weight is 521 g/mol. The Labute approximate surface area is 220 Å². The van der Waals surface area contributed by atoms with E-state index < -0.39 is 5.91 Å². The minimum atomic E-state index is -0.421. The number of carbonyl (C=O) groups is 3. The van der Waals surface area contributed by atoms with Gasteiger partial charge in [-0.2, -0.15) is 11.8 Å². The zero-order valence-corrected chi connectivity index (χ0v) is 21.7. The summed E-state index contributed by atoms with van der Waals surface area (Å²) < 4.78 is 1.87. The van der Waals surface area contributed by atoms with E-state index in [9.17, 15) is 14.4 Å². The normalized spacial score (nSPS) is 15.7. The number of nitrogens with two attached hydrogens (primary N) is 1. The predicted octanol–water partition coefficient (Wildman–Crippen LogP) is 3.39. The van der Waals surface area contributed by atoms with Crippen LogP contribution in [0.3, 0.4) is 0 Å². The number of aromatic nitrogens is 2. The lowest BCUT2D eigenvalue weighted by molar-refractivity contribution is -0.126. The third-order valence-corrected chi connectivity index (χ3v) is 7.09. The first-order valence-corrected chi connectivity index (χ1v) is 13.7. The zero-order valence-electron chi connectivity index (χ0n) is 20.9. The lowest BCUT2D eigenvalue weighted by Gasteiger charge is -2.28. The number of amides is 3. The number of nitrogens with zero attached hydrogens (tertiary/aromatic N) is 4. The molecule has 4 rings (SSSR count). The highest BCUT2D eigenvalue weighted by Gasteiger charge is 2.31. The maximum atomic E-state index is 13.3. The summed E-state index contributed by atoms with van der Waals surface area (Å²) in [6.07, 6.45) is 5.73. The minimum Gasteiger partial charge on any atom is -0.351 e. The Bertz CT molecular complexity index is 1290. The lowest BCUT2D eigenvalue weighted by Crippen LogP contribution is -2.41. The van der Waals surface area contributed by atoms with Crippen molar-refractivity contribution >= 4 is 46.5 Å². The molecule has 0 bridgehead atoms. The molecule has 1 atom stereocenters. The summed E-state index contributed by atoms with van der Waals surface area (Å²) in [5.41, 5.74) is 2.01. The molecule has 3 N–H and O–H groups in total. The van der Waals surface area contributed by atoms with E-state index in [4.69, 9.17) is 10.8 Å². The number of thioether (sulfide) groups is 1. The highest BCUT2D eigenvalue weighted by Crippen LogP contribution is 2.33. The van der Waals surface area contributed by atoms with E-state index in [1.54, 1.807) is 59.1 Å². The van der Waals surface area contributed by atoms with Gasteiger partial charge in [0.15, 0.2) is 0 Å². The summed E-state index contributed by atoms with van der Waals surface area (Å²) >= 11 is 1.65. The van der Waals surface area contributed by atoms with E-state index >= 15 is 0 Å². The van der Waals surface area contributed by atoms with Crippen LogP contribution in [0.4, 0.5) is 5.95 Å². The average Bonchev–Trinajstić information content (AvgIpc) is 3.15. The number of imidazole rings is 1. The van der Waals surface area contributed by atoms with Crippen LogP contribution in [0.1, 0.15) is 46.0 Å². The molecular formula is C27H32N6O3S. The maximum absolute atomic E-state index is 13.3. The number of anilines is 1. The van der Waals surface area contributed by atoms with Gasteiger partial charge in [0.2, 0.25) is 11.9 Å². The van der Waals surface area contributed by atoms with Crippen molar-refractivity contribution in [1.82, 2.24) is 19.8 Å². The number of rotatable bonds is 8. The summed E-state index contributed by atoms with van der Waals surface area (Å²) in [6, 6.07) is 13.8. The molecule has 1 aromatic heterocycles. The van der Waals surface area contributed by atoms with Gasteiger partial charge >= 0.3 is 0 Å². The number of nitrogens with one attached hydrogen (secondary N) is 1. The second kappa shape index (κ2) is 12.1. The fraction of sp³-hybridized carbons (Fsp3) is 0.333. The SMILES string of the molecule is C=CC(=O)N1CCCCC(n2c(N(N)C(=O)c3ccccc3)nc3cccc(C(=O)NCCSC)c32)C1. The summed E-state index contributed by atoms with van der Waals surface area (Å²) in [5, 5.41) is 4.00. The molecule has 2 aromatic carbocycles. The number of benzene rings is 2. The third-order valence-electron chi connectivity index (χ3n) is 6.48. The van der Waals surface area contributed by atoms with Crippen LogP contribution in [0.2, 0.25) is 0 Å². The van der Waals surface area contributed by atoms with Crippen molar-refractivity contribution in [2.75, 3.05) is 36.7 Å². The number of likely N-dealkylation sites (tertiary alicyclic amines) is 1. The molecule has 10 heteroatoms. The number of para-hydroxylation sites is 1. The molecule has 2 heterocycles. The molecule has 1 fully saturated rings. The molecule has 1 aliphatic rings. The van der Waals surface area contributed by atoms with E-state index in [1.165, 1.54) is 6.08 Å². The van der Waals surface area contributed by atoms with Gasteiger partial charge in [-0.15, -0.1) is 0 Å². The summed E-state index contributed by atoms with van der Waals surface area (Å²) in [5.74, 6) is 6.64. The maximum Gasteiger partial charge on any atom is 0.274 e. The minimum absolute atomic E-state index is 0.155. The van der Waals surface area contributed by atoms with Gasteiger partial charge in [0.1, 0.15) is 0 Å². The van der Waals surface area contributed by atoms with Crippen molar-refractivity contribution in [1.29, 1.82) is 0 Å². The van der Waals surface area contributed by atoms with Crippen LogP contribution in [0.25, 0.3) is 11.0 Å². The van der Waals surface area contributed by atoms with Crippen molar-refractivity contribution in [3.05, 3.63) is 72.3 Å². The van der Waals surface area contributed by atoms with Crippen molar-refractivity contribution in [2.45, 2.75) is 25.3 Å². The second-order valence-electron chi connectivity index (χ2n) is 8.88. The van der Waals surface area contributed by atoms with E-state index in [2.05, 4.69) is 11.9 Å². The number of hydrogen-bond acceptors (Lipinski definition) is 6. The molecule has 3 aromatic rings. The van der Waals surface area contributed by atoms with Gasteiger partial charge in [0.05, 0.1) is 22.6 Å². The highest BCUT2D eigenvalue weighted by atomic mass is 32.2. The molecule has 0 aliphatic carbocycles. The number of hydrogen-bond donors (Lipinski definition) is 2. The summed E-state index contributed by atoms with van der Waals surface area (Å²) in [7, 11) is 0. The molecule has 1 aliphatic heterocycles. The highest BCUT2D eigenvalue weighted by molar-refractivity contribution is 7.98. The van der Waals surface area contributed by atoms with Gasteiger partial charge in [-0.05, 0) is 55.9 Å². The Hall–Kier alpha value is -3.63. The van der Waals surface area contributed by atoms with E-state index in [-0.39, 0.29) is 23.8 Å². The van der Waals surface area contributed by atoms with Gasteiger partial charge in [-0.1, -0.05) is 30.8 Å². The first-order chi connectivity index (χ1) is 18.0. The lowest BCUT2D eigenvalue weighted by atomic mass is 10.1. The Morgan fingerprint density at radius 3 is 2.70 bits per heavy atom. The molecule has 37 heavy (non-hydrogen) atoms. The fourth-order valence-corrected chi connectivity index (χ4v) is 4.97. The van der Waals surface area contributed by atoms with Crippen molar-refractivity contribution in [2.24, 2.45) is 5.84 Å². The van der Waals surface area contributed by atoms with Gasteiger partial charge in [0, 0.05) is 31.0 Å². The second-order valence-corrected chi connectivity index (χ2v) is 9.87. The molecule has 9 nitrogen and oxygen atoms in total. The van der Waals surface area contributed by atoms with Crippen molar-refractivity contribution < 1.29 is 14.4 Å². The quantitative estimate of drug-likeness (QED) is 0.155. The standard InChI is InChI=1S/C27H32N6O3S/c1-3-23(34)31-16-8-7-12-20(18-31)32-24-21(25(35)29-15-17-37-2)13-9-14-22(24)30-27(32)33(28)26(36)19-10-5-4-6-11-19/h3-6,9-11,13-14,20H,1,7-8,12,15-18,28H2,2H3,(H,29,35). The van der Waals surface area contributed by atoms with Crippen LogP contribution in [-0.4, -0.2) is 63.8 Å². The summed E-state index contributed by atoms with van der Waals surface area (Å²) in [6.45, 7) is 5.17. The Balaban J connectivity index is 1.85. The molecule has 3 amide bonds. The van der Waals surface area contributed by atoms with Gasteiger partial charge < -0.3 is 14.8 Å². The molecule has 1 unspecified atom stereocenters. The van der Waals surface area contributed by atoms with Crippen LogP contribution < -0.4 is 16.2 Å². The smallest absolute Gasteiger partial charge is 0.274 e. The zero-order chi connectivity index (χ0) is 26.4. The van der Waals surface area contributed by atoms with Crippen LogP contribution >= 0.6 is 11.8 Å². The Morgan fingerprint density at radius 1 is 1.19 bits per heavy atom. The fourth-order valence-electron chi connectivity index (χ4n) is 4.67. The van der Waals surface area contributed by atoms with E-state index in [0.29, 0.717) is 41.8 Å². The number of fused-ring (bicyclic) bond motifs is 1. The molecule has 0 radical (unpaired) electrons. The van der Waals surface area contributed by atoms with Gasteiger partial charge in [0.25, 0.3) is 11.8 Å². The molecule has 194 valence electrons. The number of carbonyl (C=O) groups excluding carboxylic acids is 3. The predicted molar refractivity (Wildman–Crippen MR) is 148 cm³/mol. The van der Waals surface area contributed by atoms with Crippen molar-refractivity contribution in [3.63, 3.8) is 0 Å². The first kappa shape index (κ1) is 26.4.